The molecule has 1 aromatic rings. The first-order valence-electron chi connectivity index (χ1n) is 5.36. The summed E-state index contributed by atoms with van der Waals surface area (Å²) < 4.78 is 25.3. The molecule has 94 valence electrons. The predicted molar refractivity (Wildman–Crippen MR) is 70.6 cm³/mol. The number of benzene rings is 1. The molecule has 0 fully saturated rings. The van der Waals surface area contributed by atoms with Crippen molar-refractivity contribution in [3.63, 3.8) is 0 Å². The molecule has 0 bridgehead atoms. The van der Waals surface area contributed by atoms with Gasteiger partial charge in [0.15, 0.2) is 0 Å². The van der Waals surface area contributed by atoms with Gasteiger partial charge in [0.05, 0.1) is 5.69 Å². The SMILES string of the molecule is C=CCCNc1ccccc1S(=O)(=O)N(C)C. The molecule has 1 aromatic carbocycles. The van der Waals surface area contributed by atoms with Crippen molar-refractivity contribution >= 4 is 15.7 Å². The van der Waals surface area contributed by atoms with E-state index < -0.39 is 10.0 Å². The molecule has 4 nitrogen and oxygen atoms in total. The fraction of sp³-hybridized carbons (Fsp3) is 0.333. The van der Waals surface area contributed by atoms with Crippen LogP contribution in [-0.4, -0.2) is 33.4 Å². The molecule has 17 heavy (non-hydrogen) atoms. The maximum Gasteiger partial charge on any atom is 0.244 e. The highest BCUT2D eigenvalue weighted by Gasteiger charge is 2.20. The van der Waals surface area contributed by atoms with Crippen molar-refractivity contribution in [3.05, 3.63) is 36.9 Å². The first-order chi connectivity index (χ1) is 8.00. The molecule has 0 saturated heterocycles. The van der Waals surface area contributed by atoms with Crippen LogP contribution in [0, 0.1) is 0 Å². The van der Waals surface area contributed by atoms with E-state index in [1.807, 2.05) is 6.07 Å². The molecule has 0 unspecified atom stereocenters. The second kappa shape index (κ2) is 5.84. The summed E-state index contributed by atoms with van der Waals surface area (Å²) in [6.45, 7) is 4.29. The van der Waals surface area contributed by atoms with Gasteiger partial charge in [-0.3, -0.25) is 0 Å². The second-order valence-electron chi connectivity index (χ2n) is 3.79. The smallest absolute Gasteiger partial charge is 0.244 e. The standard InChI is InChI=1S/C12H18N2O2S/c1-4-5-10-13-11-8-6-7-9-12(11)17(15,16)14(2)3/h4,6-9,13H,1,5,10H2,2-3H3. The number of rotatable bonds is 6. The van der Waals surface area contributed by atoms with Crippen molar-refractivity contribution in [1.29, 1.82) is 0 Å². The first kappa shape index (κ1) is 13.7. The normalized spacial score (nSPS) is 11.5. The Hall–Kier alpha value is -1.33. The predicted octanol–water partition coefficient (Wildman–Crippen LogP) is 1.92. The van der Waals surface area contributed by atoms with Crippen LogP contribution in [0.2, 0.25) is 0 Å². The lowest BCUT2D eigenvalue weighted by molar-refractivity contribution is 0.521. The fourth-order valence-corrected chi connectivity index (χ4v) is 2.41. The third kappa shape index (κ3) is 3.31. The van der Waals surface area contributed by atoms with Gasteiger partial charge in [0.25, 0.3) is 0 Å². The quantitative estimate of drug-likeness (QED) is 0.623. The highest BCUT2D eigenvalue weighted by molar-refractivity contribution is 7.89. The Bertz CT molecular complexity index is 481. The van der Waals surface area contributed by atoms with E-state index in [2.05, 4.69) is 11.9 Å². The molecular formula is C12H18N2O2S. The number of hydrogen-bond donors (Lipinski definition) is 1. The van der Waals surface area contributed by atoms with Crippen molar-refractivity contribution in [2.24, 2.45) is 0 Å². The summed E-state index contributed by atoms with van der Waals surface area (Å²) in [6.07, 6.45) is 2.58. The molecular weight excluding hydrogens is 236 g/mol. The van der Waals surface area contributed by atoms with Crippen LogP contribution in [0.5, 0.6) is 0 Å². The lowest BCUT2D eigenvalue weighted by Gasteiger charge is -2.15. The summed E-state index contributed by atoms with van der Waals surface area (Å²) in [4.78, 5) is 0.300. The number of sulfonamides is 1. The molecule has 0 spiro atoms. The van der Waals surface area contributed by atoms with Gasteiger partial charge >= 0.3 is 0 Å². The summed E-state index contributed by atoms with van der Waals surface area (Å²) in [5.74, 6) is 0. The summed E-state index contributed by atoms with van der Waals surface area (Å²) >= 11 is 0. The van der Waals surface area contributed by atoms with E-state index in [4.69, 9.17) is 0 Å². The molecule has 0 aromatic heterocycles. The maximum absolute atomic E-state index is 12.1. The summed E-state index contributed by atoms with van der Waals surface area (Å²) in [5, 5.41) is 3.10. The lowest BCUT2D eigenvalue weighted by atomic mass is 10.3. The molecule has 1 N–H and O–H groups in total. The molecule has 0 radical (unpaired) electrons. The van der Waals surface area contributed by atoms with Gasteiger partial charge in [0, 0.05) is 20.6 Å². The van der Waals surface area contributed by atoms with Gasteiger partial charge in [-0.25, -0.2) is 12.7 Å². The molecule has 1 rings (SSSR count). The Kier molecular flexibility index (Phi) is 4.72. The molecule has 0 aliphatic rings. The van der Waals surface area contributed by atoms with Gasteiger partial charge in [-0.1, -0.05) is 18.2 Å². The van der Waals surface area contributed by atoms with Crippen molar-refractivity contribution < 1.29 is 8.42 Å². The fourth-order valence-electron chi connectivity index (χ4n) is 1.34. The first-order valence-corrected chi connectivity index (χ1v) is 6.80. The van der Waals surface area contributed by atoms with Crippen molar-refractivity contribution in [1.82, 2.24) is 4.31 Å². The van der Waals surface area contributed by atoms with E-state index >= 15 is 0 Å². The van der Waals surface area contributed by atoms with Crippen LogP contribution >= 0.6 is 0 Å². The van der Waals surface area contributed by atoms with Crippen LogP contribution in [0.15, 0.2) is 41.8 Å². The summed E-state index contributed by atoms with van der Waals surface area (Å²) in [6, 6.07) is 6.89. The average molecular weight is 254 g/mol. The Morgan fingerprint density at radius 1 is 1.35 bits per heavy atom. The second-order valence-corrected chi connectivity index (χ2v) is 5.91. The van der Waals surface area contributed by atoms with E-state index in [1.165, 1.54) is 18.4 Å². The minimum atomic E-state index is -3.40. The molecule has 0 amide bonds. The highest BCUT2D eigenvalue weighted by Crippen LogP contribution is 2.22. The summed E-state index contributed by atoms with van der Waals surface area (Å²) in [5.41, 5.74) is 0.628. The Balaban J connectivity index is 3.04. The van der Waals surface area contributed by atoms with Gasteiger partial charge in [-0.15, -0.1) is 6.58 Å². The van der Waals surface area contributed by atoms with Gasteiger partial charge in [-0.2, -0.15) is 0 Å². The highest BCUT2D eigenvalue weighted by atomic mass is 32.2. The van der Waals surface area contributed by atoms with E-state index in [0.29, 0.717) is 17.1 Å². The van der Waals surface area contributed by atoms with Gasteiger partial charge in [0.1, 0.15) is 4.90 Å². The van der Waals surface area contributed by atoms with E-state index in [-0.39, 0.29) is 0 Å². The van der Waals surface area contributed by atoms with Crippen molar-refractivity contribution in [2.45, 2.75) is 11.3 Å². The van der Waals surface area contributed by atoms with Crippen molar-refractivity contribution in [3.8, 4) is 0 Å². The Morgan fingerprint density at radius 2 is 2.00 bits per heavy atom. The van der Waals surface area contributed by atoms with E-state index in [1.54, 1.807) is 24.3 Å². The molecule has 0 heterocycles. The number of hydrogen-bond acceptors (Lipinski definition) is 3. The van der Waals surface area contributed by atoms with Crippen LogP contribution in [0.25, 0.3) is 0 Å². The zero-order valence-electron chi connectivity index (χ0n) is 10.2. The molecule has 0 aliphatic heterocycles. The van der Waals surface area contributed by atoms with Crippen LogP contribution < -0.4 is 5.32 Å². The van der Waals surface area contributed by atoms with Gasteiger partial charge < -0.3 is 5.32 Å². The summed E-state index contributed by atoms with van der Waals surface area (Å²) in [7, 11) is -0.352. The zero-order chi connectivity index (χ0) is 12.9. The Labute approximate surface area is 103 Å². The number of nitrogens with zero attached hydrogens (tertiary/aromatic N) is 1. The topological polar surface area (TPSA) is 49.4 Å². The van der Waals surface area contributed by atoms with Crippen molar-refractivity contribution in [2.75, 3.05) is 26.0 Å². The average Bonchev–Trinajstić information content (AvgIpc) is 2.29. The monoisotopic (exact) mass is 254 g/mol. The third-order valence-electron chi connectivity index (χ3n) is 2.31. The van der Waals surface area contributed by atoms with Crippen LogP contribution in [0.3, 0.4) is 0 Å². The van der Waals surface area contributed by atoms with Gasteiger partial charge in [-0.05, 0) is 18.6 Å². The minimum absolute atomic E-state index is 0.300. The van der Waals surface area contributed by atoms with E-state index in [9.17, 15) is 8.42 Å². The van der Waals surface area contributed by atoms with Crippen LogP contribution in [0.4, 0.5) is 5.69 Å². The molecule has 0 atom stereocenters. The zero-order valence-corrected chi connectivity index (χ0v) is 11.0. The molecule has 0 aliphatic carbocycles. The van der Waals surface area contributed by atoms with Crippen LogP contribution in [-0.2, 0) is 10.0 Å². The number of nitrogens with one attached hydrogen (secondary N) is 1. The Morgan fingerprint density at radius 3 is 2.59 bits per heavy atom. The van der Waals surface area contributed by atoms with Crippen LogP contribution in [0.1, 0.15) is 6.42 Å². The van der Waals surface area contributed by atoms with E-state index in [0.717, 1.165) is 6.42 Å². The number of para-hydroxylation sites is 1. The van der Waals surface area contributed by atoms with Gasteiger partial charge in [0.2, 0.25) is 10.0 Å². The molecule has 0 saturated carbocycles. The maximum atomic E-state index is 12.1. The molecule has 5 heteroatoms. The lowest BCUT2D eigenvalue weighted by Crippen LogP contribution is -2.23. The third-order valence-corrected chi connectivity index (χ3v) is 4.18. The minimum Gasteiger partial charge on any atom is -0.384 e. The number of anilines is 1. The largest absolute Gasteiger partial charge is 0.384 e.